The number of benzene rings is 1. The van der Waals surface area contributed by atoms with E-state index in [0.29, 0.717) is 5.69 Å². The van der Waals surface area contributed by atoms with Crippen LogP contribution in [0.25, 0.3) is 0 Å². The molecule has 0 heterocycles. The number of nitrogens with one attached hydrogen (secondary N) is 2. The van der Waals surface area contributed by atoms with Gasteiger partial charge in [-0.15, -0.1) is 0 Å². The van der Waals surface area contributed by atoms with Crippen molar-refractivity contribution in [2.75, 3.05) is 5.32 Å². The summed E-state index contributed by atoms with van der Waals surface area (Å²) in [5, 5.41) is 22.3. The lowest BCUT2D eigenvalue weighted by molar-refractivity contribution is -0.139. The number of carbonyl (C=O) groups excluding carboxylic acids is 2. The number of nitrogens with zero attached hydrogens (tertiary/aromatic N) is 1. The van der Waals surface area contributed by atoms with Crippen LogP contribution in [-0.2, 0) is 9.59 Å². The first kappa shape index (κ1) is 16.2. The van der Waals surface area contributed by atoms with Crippen LogP contribution in [0.4, 0.5) is 5.69 Å². The Hall–Kier alpha value is -2.88. The van der Waals surface area contributed by atoms with Gasteiger partial charge in [0.1, 0.15) is 6.04 Å². The maximum Gasteiger partial charge on any atom is 0.326 e. The smallest absolute Gasteiger partial charge is 0.326 e. The van der Waals surface area contributed by atoms with E-state index in [1.54, 1.807) is 12.1 Å². The number of amides is 2. The third-order valence-electron chi connectivity index (χ3n) is 2.59. The van der Waals surface area contributed by atoms with Crippen molar-refractivity contribution in [1.82, 2.24) is 5.32 Å². The van der Waals surface area contributed by atoms with Gasteiger partial charge in [-0.1, -0.05) is 6.07 Å². The van der Waals surface area contributed by atoms with E-state index in [-0.39, 0.29) is 24.3 Å². The molecule has 1 aromatic rings. The van der Waals surface area contributed by atoms with E-state index in [1.165, 1.54) is 19.1 Å². The number of carboxylic acid groups (broad SMARTS) is 1. The molecule has 0 radical (unpaired) electrons. The Morgan fingerprint density at radius 2 is 2.10 bits per heavy atom. The van der Waals surface area contributed by atoms with Crippen molar-refractivity contribution in [3.8, 4) is 6.07 Å². The molecule has 0 saturated carbocycles. The molecule has 7 heteroatoms. The van der Waals surface area contributed by atoms with Crippen LogP contribution in [0.3, 0.4) is 0 Å². The molecule has 0 fully saturated rings. The van der Waals surface area contributed by atoms with E-state index >= 15 is 0 Å². The summed E-state index contributed by atoms with van der Waals surface area (Å²) in [5.74, 6) is -2.05. The van der Waals surface area contributed by atoms with Crippen molar-refractivity contribution in [2.24, 2.45) is 0 Å². The van der Waals surface area contributed by atoms with Crippen LogP contribution >= 0.6 is 0 Å². The van der Waals surface area contributed by atoms with Crippen molar-refractivity contribution >= 4 is 23.5 Å². The summed E-state index contributed by atoms with van der Waals surface area (Å²) in [6, 6.07) is 6.85. The average Bonchev–Trinajstić information content (AvgIpc) is 2.42. The Bertz CT molecular complexity index is 592. The first-order valence-electron chi connectivity index (χ1n) is 6.22. The number of anilines is 1. The average molecular weight is 289 g/mol. The summed E-state index contributed by atoms with van der Waals surface area (Å²) in [6.07, 6.45) is 0.0616. The molecular formula is C14H15N3O4. The lowest BCUT2D eigenvalue weighted by Crippen LogP contribution is -2.40. The summed E-state index contributed by atoms with van der Waals surface area (Å²) in [5.41, 5.74) is 0.670. The van der Waals surface area contributed by atoms with E-state index in [4.69, 9.17) is 10.4 Å². The molecular weight excluding hydrogens is 274 g/mol. The van der Waals surface area contributed by atoms with Crippen LogP contribution in [-0.4, -0.2) is 28.9 Å². The van der Waals surface area contributed by atoms with Gasteiger partial charge in [0.2, 0.25) is 5.91 Å². The number of nitriles is 1. The lowest BCUT2D eigenvalue weighted by atomic mass is 10.1. The fraction of sp³-hybridized carbons (Fsp3) is 0.286. The van der Waals surface area contributed by atoms with Gasteiger partial charge in [0.15, 0.2) is 0 Å². The number of aliphatic carboxylic acids is 1. The van der Waals surface area contributed by atoms with Gasteiger partial charge in [-0.25, -0.2) is 4.79 Å². The maximum absolute atomic E-state index is 12.0. The van der Waals surface area contributed by atoms with E-state index < -0.39 is 17.9 Å². The van der Waals surface area contributed by atoms with Crippen molar-refractivity contribution in [3.05, 3.63) is 29.8 Å². The molecule has 0 saturated heterocycles. The van der Waals surface area contributed by atoms with Crippen LogP contribution in [0.2, 0.25) is 0 Å². The lowest BCUT2D eigenvalue weighted by Gasteiger charge is -2.13. The largest absolute Gasteiger partial charge is 0.480 e. The van der Waals surface area contributed by atoms with Gasteiger partial charge in [-0.3, -0.25) is 9.59 Å². The zero-order valence-electron chi connectivity index (χ0n) is 11.4. The van der Waals surface area contributed by atoms with E-state index in [0.717, 1.165) is 0 Å². The monoisotopic (exact) mass is 289 g/mol. The van der Waals surface area contributed by atoms with E-state index in [1.807, 2.05) is 6.07 Å². The highest BCUT2D eigenvalue weighted by molar-refractivity contribution is 5.98. The number of carboxylic acids is 1. The molecule has 0 aromatic heterocycles. The van der Waals surface area contributed by atoms with Gasteiger partial charge in [0.25, 0.3) is 5.91 Å². The standard InChI is InChI=1S/C14H15N3O4/c1-9(18)16-11-5-2-4-10(8-11)13(19)17-12(14(20)21)6-3-7-15/h2,4-5,8,12H,3,6H2,1H3,(H,16,18)(H,17,19)(H,20,21)/t12-/m0/s1. The maximum atomic E-state index is 12.0. The molecule has 3 N–H and O–H groups in total. The normalized spacial score (nSPS) is 11.0. The molecule has 0 aliphatic heterocycles. The van der Waals surface area contributed by atoms with E-state index in [2.05, 4.69) is 10.6 Å². The topological polar surface area (TPSA) is 119 Å². The van der Waals surface area contributed by atoms with Crippen LogP contribution in [0.5, 0.6) is 0 Å². The summed E-state index contributed by atoms with van der Waals surface area (Å²) in [6.45, 7) is 1.34. The summed E-state index contributed by atoms with van der Waals surface area (Å²) in [4.78, 5) is 34.0. The molecule has 2 amide bonds. The number of carbonyl (C=O) groups is 3. The van der Waals surface area contributed by atoms with Crippen LogP contribution in [0, 0.1) is 11.3 Å². The molecule has 0 aliphatic rings. The fourth-order valence-electron chi connectivity index (χ4n) is 1.65. The van der Waals surface area contributed by atoms with Crippen LogP contribution < -0.4 is 10.6 Å². The molecule has 0 unspecified atom stereocenters. The fourth-order valence-corrected chi connectivity index (χ4v) is 1.65. The van der Waals surface area contributed by atoms with Crippen LogP contribution in [0.1, 0.15) is 30.1 Å². The predicted molar refractivity (Wildman–Crippen MR) is 74.5 cm³/mol. The SMILES string of the molecule is CC(=O)Nc1cccc(C(=O)N[C@@H](CCC#N)C(=O)O)c1. The van der Waals surface area contributed by atoms with E-state index in [9.17, 15) is 14.4 Å². The van der Waals surface area contributed by atoms with Crippen molar-refractivity contribution in [2.45, 2.75) is 25.8 Å². The van der Waals surface area contributed by atoms with Gasteiger partial charge >= 0.3 is 5.97 Å². The molecule has 110 valence electrons. The second kappa shape index (κ2) is 7.65. The quantitative estimate of drug-likeness (QED) is 0.725. The molecule has 21 heavy (non-hydrogen) atoms. The Kier molecular flexibility index (Phi) is 5.89. The highest BCUT2D eigenvalue weighted by Gasteiger charge is 2.20. The Balaban J connectivity index is 2.80. The highest BCUT2D eigenvalue weighted by atomic mass is 16.4. The summed E-state index contributed by atoms with van der Waals surface area (Å²) >= 11 is 0. The summed E-state index contributed by atoms with van der Waals surface area (Å²) < 4.78 is 0. The molecule has 7 nitrogen and oxygen atoms in total. The zero-order valence-corrected chi connectivity index (χ0v) is 11.4. The minimum absolute atomic E-state index is 0.0307. The van der Waals surface area contributed by atoms with Gasteiger partial charge < -0.3 is 15.7 Å². The Morgan fingerprint density at radius 1 is 1.38 bits per heavy atom. The molecule has 1 aromatic carbocycles. The molecule has 1 atom stereocenters. The number of rotatable bonds is 6. The first-order chi connectivity index (χ1) is 9.93. The third kappa shape index (κ3) is 5.32. The number of hydrogen-bond donors (Lipinski definition) is 3. The first-order valence-corrected chi connectivity index (χ1v) is 6.22. The third-order valence-corrected chi connectivity index (χ3v) is 2.59. The Labute approximate surface area is 121 Å². The molecule has 1 rings (SSSR count). The predicted octanol–water partition coefficient (Wildman–Crippen LogP) is 1.13. The minimum atomic E-state index is -1.20. The molecule has 0 bridgehead atoms. The minimum Gasteiger partial charge on any atom is -0.480 e. The molecule has 0 aliphatic carbocycles. The second-order valence-electron chi connectivity index (χ2n) is 4.32. The second-order valence-corrected chi connectivity index (χ2v) is 4.32. The molecule has 0 spiro atoms. The Morgan fingerprint density at radius 3 is 2.67 bits per heavy atom. The van der Waals surface area contributed by atoms with Gasteiger partial charge in [0.05, 0.1) is 6.07 Å². The summed E-state index contributed by atoms with van der Waals surface area (Å²) in [7, 11) is 0. The van der Waals surface area contributed by atoms with Gasteiger partial charge in [-0.2, -0.15) is 5.26 Å². The van der Waals surface area contributed by atoms with Crippen molar-refractivity contribution < 1.29 is 19.5 Å². The van der Waals surface area contributed by atoms with Crippen molar-refractivity contribution in [1.29, 1.82) is 5.26 Å². The number of hydrogen-bond acceptors (Lipinski definition) is 4. The van der Waals surface area contributed by atoms with Crippen LogP contribution in [0.15, 0.2) is 24.3 Å². The van der Waals surface area contributed by atoms with Gasteiger partial charge in [0, 0.05) is 24.6 Å². The van der Waals surface area contributed by atoms with Crippen molar-refractivity contribution in [3.63, 3.8) is 0 Å². The zero-order chi connectivity index (χ0) is 15.8. The highest BCUT2D eigenvalue weighted by Crippen LogP contribution is 2.11. The van der Waals surface area contributed by atoms with Gasteiger partial charge in [-0.05, 0) is 24.6 Å².